The zero-order chi connectivity index (χ0) is 9.84. The molecule has 1 fully saturated rings. The van der Waals surface area contributed by atoms with Crippen LogP contribution in [0.4, 0.5) is 0 Å². The molecule has 0 amide bonds. The van der Waals surface area contributed by atoms with Gasteiger partial charge < -0.3 is 10.4 Å². The van der Waals surface area contributed by atoms with Crippen LogP contribution in [0.15, 0.2) is 0 Å². The first-order chi connectivity index (χ1) is 6.13. The largest absolute Gasteiger partial charge is 0.480 e. The molecule has 76 valence electrons. The molecule has 4 heteroatoms. The summed E-state index contributed by atoms with van der Waals surface area (Å²) in [5, 5.41) is 12.5. The molecular formula is C9H17NO2S. The Morgan fingerprint density at radius 2 is 2.31 bits per heavy atom. The molecule has 3 nitrogen and oxygen atoms in total. The normalized spacial score (nSPS) is 30.3. The van der Waals surface area contributed by atoms with Crippen molar-refractivity contribution in [2.24, 2.45) is 0 Å². The number of carboxylic acid groups (broad SMARTS) is 1. The van der Waals surface area contributed by atoms with Crippen LogP contribution in [0.3, 0.4) is 0 Å². The van der Waals surface area contributed by atoms with Gasteiger partial charge in [-0.2, -0.15) is 11.8 Å². The first-order valence-corrected chi connectivity index (χ1v) is 5.94. The summed E-state index contributed by atoms with van der Waals surface area (Å²) in [5.74, 6) is -0.757. The average molecular weight is 203 g/mol. The molecular weight excluding hydrogens is 186 g/mol. The number of carboxylic acids is 1. The van der Waals surface area contributed by atoms with E-state index in [4.69, 9.17) is 5.11 Å². The van der Waals surface area contributed by atoms with Crippen molar-refractivity contribution >= 4 is 17.7 Å². The number of hydrogen-bond acceptors (Lipinski definition) is 3. The summed E-state index contributed by atoms with van der Waals surface area (Å²) in [5.41, 5.74) is 0. The molecule has 3 unspecified atom stereocenters. The predicted octanol–water partition coefficient (Wildman–Crippen LogP) is 1.33. The Bertz CT molecular complexity index is 186. The fraction of sp³-hybridized carbons (Fsp3) is 0.889. The fourth-order valence-corrected chi connectivity index (χ4v) is 2.53. The van der Waals surface area contributed by atoms with Crippen molar-refractivity contribution in [2.75, 3.05) is 6.26 Å². The van der Waals surface area contributed by atoms with Crippen LogP contribution in [-0.4, -0.2) is 34.7 Å². The number of nitrogens with one attached hydrogen (secondary N) is 1. The molecule has 0 heterocycles. The molecule has 0 aliphatic heterocycles. The lowest BCUT2D eigenvalue weighted by molar-refractivity contribution is -0.139. The highest BCUT2D eigenvalue weighted by molar-refractivity contribution is 7.99. The highest BCUT2D eigenvalue weighted by Gasteiger charge is 2.26. The minimum atomic E-state index is -0.757. The van der Waals surface area contributed by atoms with Crippen LogP contribution >= 0.6 is 11.8 Å². The van der Waals surface area contributed by atoms with Crippen molar-refractivity contribution in [3.63, 3.8) is 0 Å². The average Bonchev–Trinajstić information content (AvgIpc) is 2.52. The van der Waals surface area contributed by atoms with Crippen LogP contribution in [-0.2, 0) is 4.79 Å². The van der Waals surface area contributed by atoms with Gasteiger partial charge in [0.1, 0.15) is 6.04 Å². The zero-order valence-electron chi connectivity index (χ0n) is 8.12. The van der Waals surface area contributed by atoms with Gasteiger partial charge >= 0.3 is 5.97 Å². The second-order valence-electron chi connectivity index (χ2n) is 3.59. The second kappa shape index (κ2) is 4.86. The van der Waals surface area contributed by atoms with E-state index in [0.29, 0.717) is 6.04 Å². The molecule has 2 N–H and O–H groups in total. The maximum atomic E-state index is 10.6. The van der Waals surface area contributed by atoms with Crippen molar-refractivity contribution in [3.05, 3.63) is 0 Å². The predicted molar refractivity (Wildman–Crippen MR) is 55.2 cm³/mol. The third-order valence-corrected chi connectivity index (χ3v) is 3.67. The van der Waals surface area contributed by atoms with Crippen LogP contribution in [0, 0.1) is 0 Å². The molecule has 0 spiro atoms. The molecule has 0 radical (unpaired) electrons. The van der Waals surface area contributed by atoms with E-state index in [1.165, 1.54) is 6.42 Å². The molecule has 0 saturated heterocycles. The molecule has 1 aliphatic carbocycles. The minimum Gasteiger partial charge on any atom is -0.480 e. The Morgan fingerprint density at radius 3 is 2.77 bits per heavy atom. The second-order valence-corrected chi connectivity index (χ2v) is 4.73. The van der Waals surface area contributed by atoms with Crippen LogP contribution in [0.2, 0.25) is 0 Å². The first kappa shape index (κ1) is 10.9. The maximum absolute atomic E-state index is 10.6. The summed E-state index contributed by atoms with van der Waals surface area (Å²) in [6.45, 7) is 1.70. The minimum absolute atomic E-state index is 0.406. The molecule has 0 aromatic heterocycles. The van der Waals surface area contributed by atoms with E-state index in [0.717, 1.165) is 18.1 Å². The van der Waals surface area contributed by atoms with Crippen molar-refractivity contribution < 1.29 is 9.90 Å². The molecule has 1 saturated carbocycles. The van der Waals surface area contributed by atoms with Crippen molar-refractivity contribution in [1.29, 1.82) is 0 Å². The van der Waals surface area contributed by atoms with Crippen LogP contribution in [0.5, 0.6) is 0 Å². The van der Waals surface area contributed by atoms with Crippen molar-refractivity contribution in [2.45, 2.75) is 43.5 Å². The Kier molecular flexibility index (Phi) is 4.06. The summed E-state index contributed by atoms with van der Waals surface area (Å²) >= 11 is 1.88. The zero-order valence-corrected chi connectivity index (χ0v) is 8.93. The topological polar surface area (TPSA) is 49.3 Å². The molecule has 13 heavy (non-hydrogen) atoms. The van der Waals surface area contributed by atoms with E-state index >= 15 is 0 Å². The van der Waals surface area contributed by atoms with E-state index in [1.807, 2.05) is 11.8 Å². The third-order valence-electron chi connectivity index (χ3n) is 2.57. The number of carbonyl (C=O) groups is 1. The van der Waals surface area contributed by atoms with Crippen molar-refractivity contribution in [1.82, 2.24) is 5.32 Å². The van der Waals surface area contributed by atoms with E-state index in [9.17, 15) is 4.79 Å². The third kappa shape index (κ3) is 3.19. The fourth-order valence-electron chi connectivity index (χ4n) is 1.73. The van der Waals surface area contributed by atoms with Gasteiger partial charge in [-0.1, -0.05) is 0 Å². The van der Waals surface area contributed by atoms with E-state index < -0.39 is 12.0 Å². The van der Waals surface area contributed by atoms with Crippen LogP contribution < -0.4 is 5.32 Å². The maximum Gasteiger partial charge on any atom is 0.320 e. The smallest absolute Gasteiger partial charge is 0.320 e. The lowest BCUT2D eigenvalue weighted by atomic mass is 10.2. The highest BCUT2D eigenvalue weighted by atomic mass is 32.2. The van der Waals surface area contributed by atoms with Gasteiger partial charge in [0.25, 0.3) is 0 Å². The molecule has 1 aliphatic rings. The van der Waals surface area contributed by atoms with Gasteiger partial charge in [-0.15, -0.1) is 0 Å². The van der Waals surface area contributed by atoms with E-state index in [2.05, 4.69) is 11.6 Å². The number of hydrogen-bond donors (Lipinski definition) is 2. The van der Waals surface area contributed by atoms with Gasteiger partial charge in [0.2, 0.25) is 0 Å². The SMILES string of the molecule is CSC1CCC(NC(C)C(=O)O)C1. The number of aliphatic carboxylic acids is 1. The summed E-state index contributed by atoms with van der Waals surface area (Å²) < 4.78 is 0. The van der Waals surface area contributed by atoms with Gasteiger partial charge in [-0.3, -0.25) is 4.79 Å². The van der Waals surface area contributed by atoms with Gasteiger partial charge in [-0.25, -0.2) is 0 Å². The Morgan fingerprint density at radius 1 is 1.62 bits per heavy atom. The van der Waals surface area contributed by atoms with E-state index in [1.54, 1.807) is 6.92 Å². The lowest BCUT2D eigenvalue weighted by Crippen LogP contribution is -2.40. The van der Waals surface area contributed by atoms with E-state index in [-0.39, 0.29) is 0 Å². The standard InChI is InChI=1S/C9H17NO2S/c1-6(9(11)12)10-7-3-4-8(5-7)13-2/h6-8,10H,3-5H2,1-2H3,(H,11,12). The lowest BCUT2D eigenvalue weighted by Gasteiger charge is -2.15. The number of rotatable bonds is 4. The molecule has 3 atom stereocenters. The highest BCUT2D eigenvalue weighted by Crippen LogP contribution is 2.28. The summed E-state index contributed by atoms with van der Waals surface area (Å²) in [6, 6.07) is -0.00541. The van der Waals surface area contributed by atoms with Gasteiger partial charge in [-0.05, 0) is 32.4 Å². The van der Waals surface area contributed by atoms with Crippen LogP contribution in [0.1, 0.15) is 26.2 Å². The Balaban J connectivity index is 2.27. The molecule has 0 aromatic rings. The summed E-state index contributed by atoms with van der Waals surface area (Å²) in [7, 11) is 0. The molecule has 0 bridgehead atoms. The Hall–Kier alpha value is -0.220. The van der Waals surface area contributed by atoms with Gasteiger partial charge in [0.15, 0.2) is 0 Å². The first-order valence-electron chi connectivity index (χ1n) is 4.65. The molecule has 0 aromatic carbocycles. The van der Waals surface area contributed by atoms with Gasteiger partial charge in [0, 0.05) is 11.3 Å². The summed E-state index contributed by atoms with van der Waals surface area (Å²) in [4.78, 5) is 10.6. The van der Waals surface area contributed by atoms with Gasteiger partial charge in [0.05, 0.1) is 0 Å². The molecule has 1 rings (SSSR count). The monoisotopic (exact) mass is 203 g/mol. The Labute approximate surface area is 83.3 Å². The quantitative estimate of drug-likeness (QED) is 0.724. The van der Waals surface area contributed by atoms with Crippen LogP contribution in [0.25, 0.3) is 0 Å². The van der Waals surface area contributed by atoms with Crippen molar-refractivity contribution in [3.8, 4) is 0 Å². The summed E-state index contributed by atoms with van der Waals surface area (Å²) in [6.07, 6.45) is 5.56. The number of thioether (sulfide) groups is 1.